The molecule has 7 heteroatoms. The number of likely N-dealkylation sites (tertiary alicyclic amines) is 1. The Bertz CT molecular complexity index is 520. The van der Waals surface area contributed by atoms with Crippen molar-refractivity contribution in [3.8, 4) is 0 Å². The van der Waals surface area contributed by atoms with Gasteiger partial charge in [0.1, 0.15) is 0 Å². The van der Waals surface area contributed by atoms with Crippen molar-refractivity contribution in [1.82, 2.24) is 30.1 Å². The summed E-state index contributed by atoms with van der Waals surface area (Å²) in [4.78, 5) is 17.0. The van der Waals surface area contributed by atoms with Crippen molar-refractivity contribution in [3.05, 3.63) is 11.9 Å². The van der Waals surface area contributed by atoms with Gasteiger partial charge in [0.25, 0.3) is 5.91 Å². The summed E-state index contributed by atoms with van der Waals surface area (Å²) in [5.74, 6) is 0.0276. The van der Waals surface area contributed by atoms with Crippen LogP contribution in [-0.4, -0.2) is 76.0 Å². The quantitative estimate of drug-likeness (QED) is 0.867. The lowest BCUT2D eigenvalue weighted by Gasteiger charge is -2.25. The predicted octanol–water partition coefficient (Wildman–Crippen LogP) is 0.759. The maximum Gasteiger partial charge on any atom is 0.276 e. The average molecular weight is 320 g/mol. The molecule has 23 heavy (non-hydrogen) atoms. The number of hydrogen-bond acceptors (Lipinski definition) is 5. The Kier molecular flexibility index (Phi) is 5.27. The zero-order valence-electron chi connectivity index (χ0n) is 14.2. The van der Waals surface area contributed by atoms with E-state index in [-0.39, 0.29) is 5.91 Å². The molecule has 2 saturated heterocycles. The molecule has 0 aromatic carbocycles. The number of nitrogens with one attached hydrogen (secondary N) is 1. The number of amides is 1. The van der Waals surface area contributed by atoms with Gasteiger partial charge in [-0.05, 0) is 45.4 Å². The van der Waals surface area contributed by atoms with E-state index in [1.807, 2.05) is 15.8 Å². The average Bonchev–Trinajstić information content (AvgIpc) is 3.26. The van der Waals surface area contributed by atoms with E-state index in [2.05, 4.69) is 34.4 Å². The first-order valence-electron chi connectivity index (χ1n) is 8.88. The number of hydrogen-bond donors (Lipinski definition) is 1. The van der Waals surface area contributed by atoms with Crippen molar-refractivity contribution >= 4 is 5.91 Å². The van der Waals surface area contributed by atoms with Crippen LogP contribution < -0.4 is 5.32 Å². The second-order valence-electron chi connectivity index (χ2n) is 6.48. The summed E-state index contributed by atoms with van der Waals surface area (Å²) in [7, 11) is 0. The Labute approximate surface area is 138 Å². The summed E-state index contributed by atoms with van der Waals surface area (Å²) >= 11 is 0. The molecular weight excluding hydrogens is 292 g/mol. The number of carbonyl (C=O) groups is 1. The number of aromatic nitrogens is 3. The summed E-state index contributed by atoms with van der Waals surface area (Å²) in [5, 5.41) is 11.7. The third kappa shape index (κ3) is 3.55. The van der Waals surface area contributed by atoms with Gasteiger partial charge in [-0.2, -0.15) is 0 Å². The van der Waals surface area contributed by atoms with E-state index in [0.717, 1.165) is 58.5 Å². The van der Waals surface area contributed by atoms with Crippen LogP contribution in [0, 0.1) is 0 Å². The summed E-state index contributed by atoms with van der Waals surface area (Å²) in [6, 6.07) is 0.848. The van der Waals surface area contributed by atoms with Gasteiger partial charge in [-0.25, -0.2) is 4.68 Å². The molecule has 1 aromatic heterocycles. The van der Waals surface area contributed by atoms with Crippen molar-refractivity contribution in [1.29, 1.82) is 0 Å². The minimum Gasteiger partial charge on any atom is -0.336 e. The molecule has 1 atom stereocenters. The predicted molar refractivity (Wildman–Crippen MR) is 88.4 cm³/mol. The molecule has 7 nitrogen and oxygen atoms in total. The van der Waals surface area contributed by atoms with Gasteiger partial charge >= 0.3 is 0 Å². The first kappa shape index (κ1) is 16.4. The van der Waals surface area contributed by atoms with E-state index >= 15 is 0 Å². The molecule has 2 fully saturated rings. The van der Waals surface area contributed by atoms with E-state index in [1.54, 1.807) is 0 Å². The molecule has 0 radical (unpaired) electrons. The minimum atomic E-state index is 0.0276. The normalized spacial score (nSPS) is 22.9. The third-order valence-corrected chi connectivity index (χ3v) is 5.19. The Morgan fingerprint density at radius 1 is 1.30 bits per heavy atom. The fraction of sp³-hybridized carbons (Fsp3) is 0.812. The van der Waals surface area contributed by atoms with Crippen LogP contribution in [0.25, 0.3) is 0 Å². The summed E-state index contributed by atoms with van der Waals surface area (Å²) in [5.41, 5.74) is 0.490. The van der Waals surface area contributed by atoms with E-state index in [1.165, 1.54) is 0 Å². The smallest absolute Gasteiger partial charge is 0.276 e. The first-order valence-corrected chi connectivity index (χ1v) is 8.88. The molecule has 0 spiro atoms. The van der Waals surface area contributed by atoms with E-state index in [4.69, 9.17) is 0 Å². The van der Waals surface area contributed by atoms with Crippen LogP contribution in [0.5, 0.6) is 0 Å². The highest BCUT2D eigenvalue weighted by Crippen LogP contribution is 2.20. The number of rotatable bonds is 5. The molecule has 2 aliphatic rings. The standard InChI is InChI=1S/C16H28N6O/c1-3-20(4-2)14-7-10-21(11-14)16(23)15-12-22(19-18-15)13-5-8-17-9-6-13/h12-14,17H,3-11H2,1-2H3/t14-/m0/s1. The molecule has 3 heterocycles. The van der Waals surface area contributed by atoms with E-state index in [9.17, 15) is 4.79 Å². The molecule has 128 valence electrons. The third-order valence-electron chi connectivity index (χ3n) is 5.19. The van der Waals surface area contributed by atoms with Crippen molar-refractivity contribution in [3.63, 3.8) is 0 Å². The molecule has 1 N–H and O–H groups in total. The molecule has 3 rings (SSSR count). The Morgan fingerprint density at radius 3 is 2.74 bits per heavy atom. The fourth-order valence-corrected chi connectivity index (χ4v) is 3.75. The Balaban J connectivity index is 1.61. The van der Waals surface area contributed by atoms with Crippen molar-refractivity contribution in [2.75, 3.05) is 39.3 Å². The molecule has 0 saturated carbocycles. The number of likely N-dealkylation sites (N-methyl/N-ethyl adjacent to an activating group) is 1. The van der Waals surface area contributed by atoms with Crippen LogP contribution in [0.4, 0.5) is 0 Å². The molecule has 2 aliphatic heterocycles. The SMILES string of the molecule is CCN(CC)[C@H]1CCN(C(=O)c2cn(C3CCNCC3)nn2)C1. The lowest BCUT2D eigenvalue weighted by Crippen LogP contribution is -2.38. The van der Waals surface area contributed by atoms with Gasteiger partial charge in [-0.1, -0.05) is 19.1 Å². The molecule has 0 aliphatic carbocycles. The van der Waals surface area contributed by atoms with E-state index < -0.39 is 0 Å². The highest BCUT2D eigenvalue weighted by Gasteiger charge is 2.31. The maximum absolute atomic E-state index is 12.7. The van der Waals surface area contributed by atoms with Gasteiger partial charge < -0.3 is 10.2 Å². The van der Waals surface area contributed by atoms with E-state index in [0.29, 0.717) is 17.8 Å². The van der Waals surface area contributed by atoms with Gasteiger partial charge in [-0.15, -0.1) is 5.10 Å². The monoisotopic (exact) mass is 320 g/mol. The van der Waals surface area contributed by atoms with Gasteiger partial charge in [0.15, 0.2) is 5.69 Å². The van der Waals surface area contributed by atoms with Gasteiger partial charge in [-0.3, -0.25) is 9.69 Å². The second kappa shape index (κ2) is 7.40. The van der Waals surface area contributed by atoms with Crippen LogP contribution in [0.3, 0.4) is 0 Å². The highest BCUT2D eigenvalue weighted by atomic mass is 16.2. The van der Waals surface area contributed by atoms with Gasteiger partial charge in [0, 0.05) is 19.1 Å². The maximum atomic E-state index is 12.7. The molecule has 1 aromatic rings. The Hall–Kier alpha value is -1.47. The molecule has 1 amide bonds. The van der Waals surface area contributed by atoms with Crippen molar-refractivity contribution in [2.45, 2.75) is 45.2 Å². The lowest BCUT2D eigenvalue weighted by molar-refractivity contribution is 0.0772. The second-order valence-corrected chi connectivity index (χ2v) is 6.48. The van der Waals surface area contributed by atoms with Crippen LogP contribution in [0.15, 0.2) is 6.20 Å². The zero-order chi connectivity index (χ0) is 16.2. The molecule has 0 unspecified atom stereocenters. The van der Waals surface area contributed by atoms with Crippen LogP contribution in [0.2, 0.25) is 0 Å². The molecule has 0 bridgehead atoms. The minimum absolute atomic E-state index is 0.0276. The topological polar surface area (TPSA) is 66.3 Å². The fourth-order valence-electron chi connectivity index (χ4n) is 3.75. The zero-order valence-corrected chi connectivity index (χ0v) is 14.2. The van der Waals surface area contributed by atoms with Crippen LogP contribution >= 0.6 is 0 Å². The Morgan fingerprint density at radius 2 is 2.04 bits per heavy atom. The van der Waals surface area contributed by atoms with Crippen LogP contribution in [0.1, 0.15) is 49.6 Å². The summed E-state index contributed by atoms with van der Waals surface area (Å²) < 4.78 is 1.88. The first-order chi connectivity index (χ1) is 11.2. The largest absolute Gasteiger partial charge is 0.336 e. The summed E-state index contributed by atoms with van der Waals surface area (Å²) in [6.07, 6.45) is 4.98. The van der Waals surface area contributed by atoms with Crippen molar-refractivity contribution in [2.24, 2.45) is 0 Å². The van der Waals surface area contributed by atoms with Crippen molar-refractivity contribution < 1.29 is 4.79 Å². The molecular formula is C16H28N6O. The van der Waals surface area contributed by atoms with Gasteiger partial charge in [0.2, 0.25) is 0 Å². The number of nitrogens with zero attached hydrogens (tertiary/aromatic N) is 5. The highest BCUT2D eigenvalue weighted by molar-refractivity contribution is 5.92. The van der Waals surface area contributed by atoms with Crippen LogP contribution in [-0.2, 0) is 0 Å². The number of carbonyl (C=O) groups excluding carboxylic acids is 1. The lowest BCUT2D eigenvalue weighted by atomic mass is 10.1. The summed E-state index contributed by atoms with van der Waals surface area (Å²) in [6.45, 7) is 10.1. The van der Waals surface area contributed by atoms with Gasteiger partial charge in [0.05, 0.1) is 12.2 Å². The number of piperidine rings is 1.